The Morgan fingerprint density at radius 3 is 2.46 bits per heavy atom. The molecule has 0 saturated heterocycles. The van der Waals surface area contributed by atoms with Gasteiger partial charge in [0.25, 0.3) is 5.91 Å². The first-order valence-corrected chi connectivity index (χ1v) is 12.0. The Labute approximate surface area is 221 Å². The summed E-state index contributed by atoms with van der Waals surface area (Å²) >= 11 is 12.0. The van der Waals surface area contributed by atoms with Crippen molar-refractivity contribution in [3.05, 3.63) is 86.9 Å². The van der Waals surface area contributed by atoms with Gasteiger partial charge in [0.1, 0.15) is 24.1 Å². The standard InChI is InChI=1S/C26H20Cl2N2O7/c27-18-6-1-13(7-19(18)28)12-36-17-4-2-14(3-5-17)23-24(31)29-20-8-15-9-21(25(32)33)30(26(34)35)11-16(15)10-22(20)37-23/h1-8,10,21,23H,9,11-12H2,(H,29,31)(H,32,33)(H,34,35)/t21-,23?/m0/s1. The van der Waals surface area contributed by atoms with Gasteiger partial charge in [0.05, 0.1) is 22.3 Å². The number of fused-ring (bicyclic) bond motifs is 2. The average molecular weight is 543 g/mol. The third-order valence-corrected chi connectivity index (χ3v) is 7.01. The fourth-order valence-corrected chi connectivity index (χ4v) is 4.69. The van der Waals surface area contributed by atoms with Gasteiger partial charge in [-0.05, 0) is 53.1 Å². The van der Waals surface area contributed by atoms with E-state index >= 15 is 0 Å². The monoisotopic (exact) mass is 542 g/mol. The number of hydrogen-bond donors (Lipinski definition) is 3. The molecular weight excluding hydrogens is 523 g/mol. The molecule has 11 heteroatoms. The zero-order valence-electron chi connectivity index (χ0n) is 19.1. The largest absolute Gasteiger partial charge is 0.489 e. The molecule has 9 nitrogen and oxygen atoms in total. The molecule has 0 saturated carbocycles. The summed E-state index contributed by atoms with van der Waals surface area (Å²) in [6.07, 6.45) is -2.25. The van der Waals surface area contributed by atoms with E-state index in [1.807, 2.05) is 6.07 Å². The number of rotatable bonds is 5. The molecule has 190 valence electrons. The number of anilines is 1. The molecule has 1 unspecified atom stereocenters. The van der Waals surface area contributed by atoms with Crippen LogP contribution in [0.2, 0.25) is 10.0 Å². The summed E-state index contributed by atoms with van der Waals surface area (Å²) < 4.78 is 11.8. The quantitative estimate of drug-likeness (QED) is 0.407. The summed E-state index contributed by atoms with van der Waals surface area (Å²) in [7, 11) is 0. The van der Waals surface area contributed by atoms with E-state index in [2.05, 4.69) is 5.32 Å². The van der Waals surface area contributed by atoms with Crippen LogP contribution in [0.15, 0.2) is 54.6 Å². The maximum atomic E-state index is 12.8. The number of nitrogens with one attached hydrogen (secondary N) is 1. The fourth-order valence-electron chi connectivity index (χ4n) is 4.37. The van der Waals surface area contributed by atoms with Gasteiger partial charge in [0.2, 0.25) is 6.10 Å². The number of carbonyl (C=O) groups is 3. The van der Waals surface area contributed by atoms with Gasteiger partial charge >= 0.3 is 12.1 Å². The van der Waals surface area contributed by atoms with Crippen LogP contribution >= 0.6 is 23.2 Å². The highest BCUT2D eigenvalue weighted by atomic mass is 35.5. The van der Waals surface area contributed by atoms with Crippen molar-refractivity contribution < 1.29 is 34.1 Å². The van der Waals surface area contributed by atoms with Crippen molar-refractivity contribution in [2.24, 2.45) is 0 Å². The van der Waals surface area contributed by atoms with Crippen molar-refractivity contribution in [3.8, 4) is 11.5 Å². The Morgan fingerprint density at radius 2 is 1.78 bits per heavy atom. The minimum Gasteiger partial charge on any atom is -0.489 e. The molecule has 0 spiro atoms. The van der Waals surface area contributed by atoms with Crippen LogP contribution in [-0.2, 0) is 29.2 Å². The van der Waals surface area contributed by atoms with Gasteiger partial charge < -0.3 is 25.0 Å². The summed E-state index contributed by atoms with van der Waals surface area (Å²) in [6, 6.07) is 14.2. The van der Waals surface area contributed by atoms with E-state index in [-0.39, 0.29) is 25.5 Å². The van der Waals surface area contributed by atoms with Gasteiger partial charge in [-0.2, -0.15) is 0 Å². The molecule has 3 aromatic carbocycles. The minimum absolute atomic E-state index is 0.00671. The number of amides is 2. The number of carbonyl (C=O) groups excluding carboxylic acids is 1. The lowest BCUT2D eigenvalue weighted by molar-refractivity contribution is -0.143. The smallest absolute Gasteiger partial charge is 0.408 e. The summed E-state index contributed by atoms with van der Waals surface area (Å²) in [6.45, 7) is 0.187. The van der Waals surface area contributed by atoms with Crippen molar-refractivity contribution in [2.45, 2.75) is 31.7 Å². The van der Waals surface area contributed by atoms with Crippen molar-refractivity contribution >= 4 is 46.9 Å². The average Bonchev–Trinajstić information content (AvgIpc) is 2.87. The molecular formula is C26H20Cl2N2O7. The predicted molar refractivity (Wildman–Crippen MR) is 134 cm³/mol. The SMILES string of the molecule is O=C1Nc2cc3c(cc2OC1c1ccc(OCc2ccc(Cl)c(Cl)c2)cc1)CN(C(=O)O)[C@H](C(=O)O)C3. The highest BCUT2D eigenvalue weighted by molar-refractivity contribution is 6.42. The lowest BCUT2D eigenvalue weighted by Crippen LogP contribution is -2.48. The Kier molecular flexibility index (Phi) is 6.57. The molecule has 0 aliphatic carbocycles. The Bertz CT molecular complexity index is 1410. The van der Waals surface area contributed by atoms with Crippen LogP contribution in [0.25, 0.3) is 0 Å². The van der Waals surface area contributed by atoms with Crippen LogP contribution < -0.4 is 14.8 Å². The van der Waals surface area contributed by atoms with Crippen LogP contribution in [0.3, 0.4) is 0 Å². The molecule has 0 fully saturated rings. The molecule has 3 aromatic rings. The second-order valence-corrected chi connectivity index (χ2v) is 9.49. The summed E-state index contributed by atoms with van der Waals surface area (Å²) in [4.78, 5) is 36.9. The molecule has 0 bridgehead atoms. The van der Waals surface area contributed by atoms with Gasteiger partial charge in [-0.25, -0.2) is 9.59 Å². The van der Waals surface area contributed by atoms with Crippen molar-refractivity contribution in [1.29, 1.82) is 0 Å². The van der Waals surface area contributed by atoms with Crippen LogP contribution in [0.5, 0.6) is 11.5 Å². The Hall–Kier alpha value is -3.95. The minimum atomic E-state index is -1.32. The first-order chi connectivity index (χ1) is 17.7. The summed E-state index contributed by atoms with van der Waals surface area (Å²) in [5.41, 5.74) is 3.13. The van der Waals surface area contributed by atoms with Crippen LogP contribution in [0.4, 0.5) is 10.5 Å². The van der Waals surface area contributed by atoms with Crippen molar-refractivity contribution in [2.75, 3.05) is 5.32 Å². The molecule has 2 aliphatic heterocycles. The molecule has 2 heterocycles. The third-order valence-electron chi connectivity index (χ3n) is 6.28. The summed E-state index contributed by atoms with van der Waals surface area (Å²) in [5.74, 6) is -0.644. The molecule has 3 N–H and O–H groups in total. The number of aliphatic carboxylic acids is 1. The van der Waals surface area contributed by atoms with E-state index in [1.54, 1.807) is 48.5 Å². The lowest BCUT2D eigenvalue weighted by atomic mass is 9.92. The highest BCUT2D eigenvalue weighted by Gasteiger charge is 2.37. The topological polar surface area (TPSA) is 125 Å². The third kappa shape index (κ3) is 5.00. The van der Waals surface area contributed by atoms with E-state index in [0.717, 1.165) is 10.5 Å². The van der Waals surface area contributed by atoms with E-state index in [9.17, 15) is 24.6 Å². The first-order valence-electron chi connectivity index (χ1n) is 11.2. The second kappa shape index (κ2) is 9.84. The highest BCUT2D eigenvalue weighted by Crippen LogP contribution is 2.39. The summed E-state index contributed by atoms with van der Waals surface area (Å²) in [5, 5.41) is 22.6. The number of halogens is 2. The van der Waals surface area contributed by atoms with Crippen LogP contribution in [0.1, 0.15) is 28.4 Å². The molecule has 37 heavy (non-hydrogen) atoms. The number of ether oxygens (including phenoxy) is 2. The molecule has 2 amide bonds. The van der Waals surface area contributed by atoms with Gasteiger partial charge in [-0.1, -0.05) is 41.4 Å². The number of nitrogens with zero attached hydrogens (tertiary/aromatic N) is 1. The van der Waals surface area contributed by atoms with Crippen molar-refractivity contribution in [3.63, 3.8) is 0 Å². The Morgan fingerprint density at radius 1 is 1.03 bits per heavy atom. The van der Waals surface area contributed by atoms with Gasteiger partial charge in [-0.3, -0.25) is 9.69 Å². The molecule has 2 aliphatic rings. The molecule has 2 atom stereocenters. The van der Waals surface area contributed by atoms with Gasteiger partial charge in [0, 0.05) is 12.0 Å². The number of carboxylic acid groups (broad SMARTS) is 2. The predicted octanol–water partition coefficient (Wildman–Crippen LogP) is 5.13. The van der Waals surface area contributed by atoms with Crippen LogP contribution in [0, 0.1) is 0 Å². The van der Waals surface area contributed by atoms with Crippen molar-refractivity contribution in [1.82, 2.24) is 4.90 Å². The maximum absolute atomic E-state index is 12.8. The first kappa shape index (κ1) is 24.7. The number of carboxylic acids is 1. The Balaban J connectivity index is 1.31. The zero-order valence-corrected chi connectivity index (χ0v) is 20.6. The molecule has 0 radical (unpaired) electrons. The van der Waals surface area contributed by atoms with E-state index in [4.69, 9.17) is 32.7 Å². The zero-order chi connectivity index (χ0) is 26.3. The number of benzene rings is 3. The van der Waals surface area contributed by atoms with Gasteiger partial charge in [0.15, 0.2) is 0 Å². The molecule has 5 rings (SSSR count). The normalized spacial score (nSPS) is 18.2. The van der Waals surface area contributed by atoms with E-state index in [1.165, 1.54) is 0 Å². The van der Waals surface area contributed by atoms with E-state index in [0.29, 0.717) is 43.9 Å². The lowest BCUT2D eigenvalue weighted by Gasteiger charge is -2.34. The molecule has 0 aromatic heterocycles. The van der Waals surface area contributed by atoms with Gasteiger partial charge in [-0.15, -0.1) is 0 Å². The fraction of sp³-hybridized carbons (Fsp3) is 0.192. The van der Waals surface area contributed by atoms with Crippen LogP contribution in [-0.4, -0.2) is 39.1 Å². The number of hydrogen-bond acceptors (Lipinski definition) is 5. The maximum Gasteiger partial charge on any atom is 0.408 e. The van der Waals surface area contributed by atoms with E-state index < -0.39 is 24.2 Å². The second-order valence-electron chi connectivity index (χ2n) is 8.68.